The largest absolute Gasteiger partial charge is 0.470 e. The highest BCUT2D eigenvalue weighted by Gasteiger charge is 2.43. The number of H-pyrrole nitrogens is 1. The summed E-state index contributed by atoms with van der Waals surface area (Å²) in [6.45, 7) is 0. The van der Waals surface area contributed by atoms with Crippen LogP contribution >= 0.6 is 11.8 Å². The molecular weight excluding hydrogens is 284 g/mol. The lowest BCUT2D eigenvalue weighted by molar-refractivity contribution is 0.0493. The first kappa shape index (κ1) is 13.0. The number of benzene rings is 1. The Morgan fingerprint density at radius 1 is 1.29 bits per heavy atom. The van der Waals surface area contributed by atoms with Gasteiger partial charge in [0, 0.05) is 12.8 Å². The van der Waals surface area contributed by atoms with Gasteiger partial charge in [-0.05, 0) is 30.2 Å². The molecule has 4 nitrogen and oxygen atoms in total. The fraction of sp³-hybridized carbons (Fsp3) is 0.375. The van der Waals surface area contributed by atoms with Crippen molar-refractivity contribution in [3.8, 4) is 5.88 Å². The average molecular weight is 300 g/mol. The summed E-state index contributed by atoms with van der Waals surface area (Å²) in [6.07, 6.45) is 5.32. The Hall–Kier alpha value is -1.75. The standard InChI is InChI=1S/C16H16N2O2S/c1-21-15-17-13(19)12-6-7-16(20-14(12)18-15)8-10-4-2-3-5-11(10)9-16/h2-5H,6-9H2,1H3,(H,17,18,19). The lowest BCUT2D eigenvalue weighted by Gasteiger charge is -2.34. The second-order valence-electron chi connectivity index (χ2n) is 5.77. The summed E-state index contributed by atoms with van der Waals surface area (Å²) < 4.78 is 6.24. The van der Waals surface area contributed by atoms with Gasteiger partial charge in [-0.2, -0.15) is 4.98 Å². The molecule has 2 aliphatic rings. The Balaban J connectivity index is 1.72. The molecule has 1 aromatic heterocycles. The van der Waals surface area contributed by atoms with E-state index in [9.17, 15) is 4.79 Å². The SMILES string of the molecule is CSc1nc2c(c(=O)[nH]1)CCC1(Cc3ccccc3C1)O2. The molecule has 1 aliphatic heterocycles. The van der Waals surface area contributed by atoms with Crippen LogP contribution in [-0.2, 0) is 19.3 Å². The Labute approximate surface area is 127 Å². The minimum Gasteiger partial charge on any atom is -0.470 e. The highest BCUT2D eigenvalue weighted by atomic mass is 32.2. The van der Waals surface area contributed by atoms with Crippen molar-refractivity contribution in [1.29, 1.82) is 0 Å². The van der Waals surface area contributed by atoms with Crippen molar-refractivity contribution < 1.29 is 4.74 Å². The van der Waals surface area contributed by atoms with Crippen molar-refractivity contribution in [2.75, 3.05) is 6.26 Å². The zero-order valence-electron chi connectivity index (χ0n) is 11.8. The van der Waals surface area contributed by atoms with Crippen LogP contribution in [0.5, 0.6) is 5.88 Å². The van der Waals surface area contributed by atoms with Gasteiger partial charge < -0.3 is 9.72 Å². The summed E-state index contributed by atoms with van der Waals surface area (Å²) >= 11 is 1.43. The van der Waals surface area contributed by atoms with Crippen molar-refractivity contribution in [3.63, 3.8) is 0 Å². The zero-order valence-corrected chi connectivity index (χ0v) is 12.6. The lowest BCUT2D eigenvalue weighted by Crippen LogP contribution is -2.42. The second-order valence-corrected chi connectivity index (χ2v) is 6.56. The van der Waals surface area contributed by atoms with Crippen molar-refractivity contribution in [3.05, 3.63) is 51.3 Å². The number of rotatable bonds is 1. The number of nitrogens with one attached hydrogen (secondary N) is 1. The molecule has 0 saturated carbocycles. The molecule has 21 heavy (non-hydrogen) atoms. The first-order valence-electron chi connectivity index (χ1n) is 7.12. The van der Waals surface area contributed by atoms with Gasteiger partial charge in [0.1, 0.15) is 5.60 Å². The summed E-state index contributed by atoms with van der Waals surface area (Å²) in [5.74, 6) is 0.530. The molecular formula is C16H16N2O2S. The number of fused-ring (bicyclic) bond motifs is 2. The maximum absolute atomic E-state index is 12.1. The van der Waals surface area contributed by atoms with Gasteiger partial charge in [-0.25, -0.2) is 0 Å². The molecule has 4 rings (SSSR count). The van der Waals surface area contributed by atoms with E-state index in [4.69, 9.17) is 4.74 Å². The molecule has 0 saturated heterocycles. The molecule has 5 heteroatoms. The van der Waals surface area contributed by atoms with E-state index in [0.29, 0.717) is 16.6 Å². The summed E-state index contributed by atoms with van der Waals surface area (Å²) in [5, 5.41) is 0.617. The second kappa shape index (κ2) is 4.63. The van der Waals surface area contributed by atoms with Gasteiger partial charge in [-0.3, -0.25) is 4.79 Å². The van der Waals surface area contributed by atoms with Crippen LogP contribution in [0.4, 0.5) is 0 Å². The maximum Gasteiger partial charge on any atom is 0.258 e. The van der Waals surface area contributed by atoms with E-state index in [1.54, 1.807) is 0 Å². The number of aromatic nitrogens is 2. The van der Waals surface area contributed by atoms with Crippen molar-refractivity contribution in [1.82, 2.24) is 9.97 Å². The van der Waals surface area contributed by atoms with Crippen molar-refractivity contribution >= 4 is 11.8 Å². The fourth-order valence-corrected chi connectivity index (χ4v) is 3.74. The third-order valence-electron chi connectivity index (χ3n) is 4.44. The first-order valence-corrected chi connectivity index (χ1v) is 8.35. The third-order valence-corrected chi connectivity index (χ3v) is 5.02. The molecule has 108 valence electrons. The van der Waals surface area contributed by atoms with Crippen LogP contribution in [0.15, 0.2) is 34.2 Å². The minimum absolute atomic E-state index is 0.0605. The predicted octanol–water partition coefficient (Wildman–Crippen LogP) is 2.35. The van der Waals surface area contributed by atoms with Crippen LogP contribution in [0.25, 0.3) is 0 Å². The van der Waals surface area contributed by atoms with E-state index in [2.05, 4.69) is 34.2 Å². The Kier molecular flexibility index (Phi) is 2.85. The summed E-state index contributed by atoms with van der Waals surface area (Å²) in [6, 6.07) is 8.48. The topological polar surface area (TPSA) is 55.0 Å². The number of ether oxygens (including phenoxy) is 1. The minimum atomic E-state index is -0.215. The number of nitrogens with zero attached hydrogens (tertiary/aromatic N) is 1. The highest BCUT2D eigenvalue weighted by Crippen LogP contribution is 2.40. The highest BCUT2D eigenvalue weighted by molar-refractivity contribution is 7.98. The number of hydrogen-bond acceptors (Lipinski definition) is 4. The number of thioether (sulfide) groups is 1. The molecule has 2 aromatic rings. The molecule has 1 spiro atoms. The van der Waals surface area contributed by atoms with Gasteiger partial charge in [0.2, 0.25) is 5.88 Å². The summed E-state index contributed by atoms with van der Waals surface area (Å²) in [7, 11) is 0. The lowest BCUT2D eigenvalue weighted by atomic mass is 9.90. The van der Waals surface area contributed by atoms with Crippen LogP contribution in [-0.4, -0.2) is 21.8 Å². The van der Waals surface area contributed by atoms with E-state index in [-0.39, 0.29) is 11.2 Å². The average Bonchev–Trinajstić information content (AvgIpc) is 2.83. The molecule has 0 radical (unpaired) electrons. The molecule has 0 atom stereocenters. The molecule has 2 heterocycles. The van der Waals surface area contributed by atoms with Crippen molar-refractivity contribution in [2.45, 2.75) is 36.4 Å². The predicted molar refractivity (Wildman–Crippen MR) is 82.2 cm³/mol. The van der Waals surface area contributed by atoms with E-state index in [1.165, 1.54) is 22.9 Å². The van der Waals surface area contributed by atoms with Gasteiger partial charge in [0.15, 0.2) is 5.16 Å². The normalized spacial score (nSPS) is 18.1. The van der Waals surface area contributed by atoms with E-state index in [0.717, 1.165) is 25.7 Å². The van der Waals surface area contributed by atoms with Crippen molar-refractivity contribution in [2.24, 2.45) is 0 Å². The molecule has 1 aliphatic carbocycles. The van der Waals surface area contributed by atoms with Crippen LogP contribution in [0, 0.1) is 0 Å². The van der Waals surface area contributed by atoms with E-state index >= 15 is 0 Å². The fourth-order valence-electron chi connectivity index (χ4n) is 3.38. The van der Waals surface area contributed by atoms with Crippen LogP contribution in [0.3, 0.4) is 0 Å². The molecule has 0 amide bonds. The summed E-state index contributed by atoms with van der Waals surface area (Å²) in [5.41, 5.74) is 3.13. The van der Waals surface area contributed by atoms with Gasteiger partial charge in [-0.1, -0.05) is 36.0 Å². The Morgan fingerprint density at radius 2 is 2.00 bits per heavy atom. The number of hydrogen-bond donors (Lipinski definition) is 1. The van der Waals surface area contributed by atoms with Crippen LogP contribution in [0.2, 0.25) is 0 Å². The summed E-state index contributed by atoms with van der Waals surface area (Å²) in [4.78, 5) is 19.3. The molecule has 0 unspecified atom stereocenters. The van der Waals surface area contributed by atoms with Gasteiger partial charge in [0.05, 0.1) is 5.56 Å². The first-order chi connectivity index (χ1) is 10.2. The quantitative estimate of drug-likeness (QED) is 0.649. The maximum atomic E-state index is 12.1. The molecule has 0 fully saturated rings. The zero-order chi connectivity index (χ0) is 14.4. The molecule has 0 bridgehead atoms. The van der Waals surface area contributed by atoms with E-state index in [1.807, 2.05) is 6.26 Å². The third kappa shape index (κ3) is 2.07. The Morgan fingerprint density at radius 3 is 2.67 bits per heavy atom. The Bertz CT molecular complexity index is 744. The van der Waals surface area contributed by atoms with E-state index < -0.39 is 0 Å². The number of aromatic amines is 1. The van der Waals surface area contributed by atoms with Gasteiger partial charge in [0.25, 0.3) is 5.56 Å². The molecule has 1 N–H and O–H groups in total. The van der Waals surface area contributed by atoms with Crippen LogP contribution in [0.1, 0.15) is 23.1 Å². The van der Waals surface area contributed by atoms with Crippen LogP contribution < -0.4 is 10.3 Å². The van der Waals surface area contributed by atoms with Gasteiger partial charge >= 0.3 is 0 Å². The van der Waals surface area contributed by atoms with Gasteiger partial charge in [-0.15, -0.1) is 0 Å². The monoisotopic (exact) mass is 300 g/mol. The molecule has 1 aromatic carbocycles. The smallest absolute Gasteiger partial charge is 0.258 e.